The van der Waals surface area contributed by atoms with Crippen molar-refractivity contribution in [2.75, 3.05) is 13.7 Å². The molecule has 49 heavy (non-hydrogen) atoms. The number of carbonyl (C=O) groups excluding carboxylic acids is 3. The van der Waals surface area contributed by atoms with Crippen LogP contribution in [0.3, 0.4) is 0 Å². The van der Waals surface area contributed by atoms with Gasteiger partial charge in [0.15, 0.2) is 0 Å². The van der Waals surface area contributed by atoms with Crippen LogP contribution in [0.25, 0.3) is 11.1 Å². The summed E-state index contributed by atoms with van der Waals surface area (Å²) < 4.78 is 15.3. The van der Waals surface area contributed by atoms with Gasteiger partial charge in [0.05, 0.1) is 24.2 Å². The van der Waals surface area contributed by atoms with E-state index in [0.717, 1.165) is 29.8 Å². The normalized spacial score (nSPS) is 11.6. The van der Waals surface area contributed by atoms with Gasteiger partial charge in [0.2, 0.25) is 0 Å². The zero-order valence-corrected chi connectivity index (χ0v) is 29.9. The summed E-state index contributed by atoms with van der Waals surface area (Å²) in [7, 11) is 1.28. The predicted octanol–water partition coefficient (Wildman–Crippen LogP) is 10.1. The predicted molar refractivity (Wildman–Crippen MR) is 194 cm³/mol. The molecule has 266 valence electrons. The third kappa shape index (κ3) is 15.4. The van der Waals surface area contributed by atoms with Crippen LogP contribution in [0.5, 0.6) is 5.75 Å². The molecule has 0 saturated heterocycles. The van der Waals surface area contributed by atoms with Crippen molar-refractivity contribution >= 4 is 17.9 Å². The van der Waals surface area contributed by atoms with E-state index in [4.69, 9.17) is 9.47 Å². The highest BCUT2D eigenvalue weighted by atomic mass is 16.5. The lowest BCUT2D eigenvalue weighted by atomic mass is 10.0. The summed E-state index contributed by atoms with van der Waals surface area (Å²) in [5, 5.41) is 0. The molecule has 1 atom stereocenters. The maximum atomic E-state index is 12.7. The molecule has 8 nitrogen and oxygen atoms in total. The molecule has 0 aliphatic carbocycles. The van der Waals surface area contributed by atoms with Gasteiger partial charge in [-0.15, -0.1) is 0 Å². The molecule has 0 aliphatic heterocycles. The zero-order valence-electron chi connectivity index (χ0n) is 29.9. The Morgan fingerprint density at radius 3 is 1.59 bits per heavy atom. The molecule has 0 bridgehead atoms. The minimum absolute atomic E-state index is 0.0892. The number of esters is 3. The zero-order chi connectivity index (χ0) is 35.1. The van der Waals surface area contributed by atoms with E-state index in [1.165, 1.54) is 128 Å². The van der Waals surface area contributed by atoms with Gasteiger partial charge in [-0.05, 0) is 55.3 Å². The van der Waals surface area contributed by atoms with Crippen molar-refractivity contribution in [3.05, 3.63) is 77.9 Å². The molecular formula is C41H56N2O6. The maximum absolute atomic E-state index is 12.7. The van der Waals surface area contributed by atoms with E-state index in [2.05, 4.69) is 21.6 Å². The Balaban J connectivity index is 1.28. The van der Waals surface area contributed by atoms with E-state index in [1.54, 1.807) is 19.1 Å². The molecule has 2 aromatic carbocycles. The van der Waals surface area contributed by atoms with Crippen LogP contribution in [0.1, 0.15) is 143 Å². The summed E-state index contributed by atoms with van der Waals surface area (Å²) in [5.74, 6) is -0.956. The second kappa shape index (κ2) is 23.3. The molecule has 0 amide bonds. The Labute approximate surface area is 293 Å². The molecular weight excluding hydrogens is 616 g/mol. The molecule has 0 radical (unpaired) electrons. The highest BCUT2D eigenvalue weighted by molar-refractivity contribution is 5.92. The molecule has 1 aromatic heterocycles. The van der Waals surface area contributed by atoms with Gasteiger partial charge in [-0.25, -0.2) is 19.6 Å². The average molecular weight is 673 g/mol. The smallest absolute Gasteiger partial charge is 0.343 e. The van der Waals surface area contributed by atoms with Crippen LogP contribution >= 0.6 is 0 Å². The van der Waals surface area contributed by atoms with Crippen molar-refractivity contribution in [3.8, 4) is 16.9 Å². The molecule has 0 aliphatic rings. The fourth-order valence-corrected chi connectivity index (χ4v) is 5.64. The van der Waals surface area contributed by atoms with E-state index >= 15 is 0 Å². The lowest BCUT2D eigenvalue weighted by molar-refractivity contribution is -0.146. The minimum atomic E-state index is -0.582. The Morgan fingerprint density at radius 2 is 1.08 bits per heavy atom. The van der Waals surface area contributed by atoms with Crippen molar-refractivity contribution in [1.29, 1.82) is 0 Å². The quantitative estimate of drug-likeness (QED) is 0.0526. The fourth-order valence-electron chi connectivity index (χ4n) is 5.64. The number of aromatic nitrogens is 2. The lowest BCUT2D eigenvalue weighted by Gasteiger charge is -2.10. The van der Waals surface area contributed by atoms with E-state index in [-0.39, 0.29) is 12.2 Å². The highest BCUT2D eigenvalue weighted by Crippen LogP contribution is 2.21. The van der Waals surface area contributed by atoms with Gasteiger partial charge in [-0.1, -0.05) is 115 Å². The molecule has 0 saturated carbocycles. The summed E-state index contributed by atoms with van der Waals surface area (Å²) in [6.07, 6.45) is 26.3. The van der Waals surface area contributed by atoms with Crippen LogP contribution in [-0.4, -0.2) is 41.6 Å². The fraction of sp³-hybridized carbons (Fsp3) is 0.537. The number of rotatable bonds is 24. The second-order valence-electron chi connectivity index (χ2n) is 13.0. The van der Waals surface area contributed by atoms with Crippen molar-refractivity contribution in [2.45, 2.75) is 123 Å². The van der Waals surface area contributed by atoms with Crippen LogP contribution in [0.4, 0.5) is 0 Å². The molecule has 1 unspecified atom stereocenters. The van der Waals surface area contributed by atoms with Gasteiger partial charge < -0.3 is 14.2 Å². The van der Waals surface area contributed by atoms with Crippen molar-refractivity contribution < 1.29 is 28.6 Å². The number of hydrogen-bond acceptors (Lipinski definition) is 8. The first-order chi connectivity index (χ1) is 23.9. The molecule has 0 fully saturated rings. The van der Waals surface area contributed by atoms with Gasteiger partial charge in [-0.2, -0.15) is 0 Å². The Hall–Kier alpha value is -4.07. The first kappa shape index (κ1) is 39.4. The monoisotopic (exact) mass is 672 g/mol. The minimum Gasteiger partial charge on any atom is -0.469 e. The van der Waals surface area contributed by atoms with Crippen LogP contribution < -0.4 is 4.74 Å². The van der Waals surface area contributed by atoms with Gasteiger partial charge in [-0.3, -0.25) is 4.79 Å². The van der Waals surface area contributed by atoms with Crippen LogP contribution in [0.15, 0.2) is 60.9 Å². The van der Waals surface area contributed by atoms with Crippen LogP contribution in [-0.2, 0) is 20.7 Å². The maximum Gasteiger partial charge on any atom is 0.343 e. The number of hydrogen-bond donors (Lipinski definition) is 0. The lowest BCUT2D eigenvalue weighted by Crippen LogP contribution is -2.20. The summed E-state index contributed by atoms with van der Waals surface area (Å²) in [5.41, 5.74) is 2.47. The van der Waals surface area contributed by atoms with E-state index < -0.39 is 23.8 Å². The Morgan fingerprint density at radius 1 is 0.612 bits per heavy atom. The summed E-state index contributed by atoms with van der Waals surface area (Å²) >= 11 is 0. The van der Waals surface area contributed by atoms with Crippen molar-refractivity contribution in [1.82, 2.24) is 9.97 Å². The number of benzene rings is 2. The highest BCUT2D eigenvalue weighted by Gasteiger charge is 2.17. The van der Waals surface area contributed by atoms with Gasteiger partial charge >= 0.3 is 17.9 Å². The number of unbranched alkanes of at least 4 members (excludes halogenated alkanes) is 15. The van der Waals surface area contributed by atoms with Gasteiger partial charge in [0.1, 0.15) is 18.2 Å². The Kier molecular flexibility index (Phi) is 18.7. The summed E-state index contributed by atoms with van der Waals surface area (Å²) in [4.78, 5) is 45.6. The number of aryl methyl sites for hydroxylation is 1. The van der Waals surface area contributed by atoms with Crippen LogP contribution in [0.2, 0.25) is 0 Å². The van der Waals surface area contributed by atoms with E-state index in [9.17, 15) is 14.4 Å². The van der Waals surface area contributed by atoms with Gasteiger partial charge in [0, 0.05) is 24.4 Å². The second-order valence-corrected chi connectivity index (χ2v) is 13.0. The topological polar surface area (TPSA) is 105 Å². The number of nitrogens with zero attached hydrogens (tertiary/aromatic N) is 2. The molecule has 1 heterocycles. The van der Waals surface area contributed by atoms with E-state index in [1.807, 2.05) is 24.5 Å². The number of carbonyl (C=O) groups is 3. The largest absolute Gasteiger partial charge is 0.469 e. The standard InChI is InChI=1S/C41H56N2O6/c1-4-5-6-7-8-9-10-11-12-13-14-15-16-17-18-19-20-38-42-29-36(30-43-38)33-21-23-35(24-22-33)41(46)49-37-27-25-34(26-28-37)40(45)48-31-32(2)39(44)47-3/h21-30,32H,4-20,31H2,1-3H3. The first-order valence-electron chi connectivity index (χ1n) is 18.4. The van der Waals surface area contributed by atoms with Gasteiger partial charge in [0.25, 0.3) is 0 Å². The molecule has 3 rings (SSSR count). The van der Waals surface area contributed by atoms with Crippen LogP contribution in [0, 0.1) is 5.92 Å². The summed E-state index contributed by atoms with van der Waals surface area (Å²) in [6, 6.07) is 13.1. The molecule has 8 heteroatoms. The molecule has 0 N–H and O–H groups in total. The first-order valence-corrected chi connectivity index (χ1v) is 18.4. The number of methoxy groups -OCH3 is 1. The molecule has 0 spiro atoms. The SMILES string of the molecule is CCCCCCCCCCCCCCCCCCc1ncc(-c2ccc(C(=O)Oc3ccc(C(=O)OCC(C)C(=O)OC)cc3)cc2)cn1. The van der Waals surface area contributed by atoms with E-state index in [0.29, 0.717) is 11.3 Å². The third-order valence-electron chi connectivity index (χ3n) is 8.78. The van der Waals surface area contributed by atoms with Crippen molar-refractivity contribution in [3.63, 3.8) is 0 Å². The summed E-state index contributed by atoms with van der Waals surface area (Å²) in [6.45, 7) is 3.80. The third-order valence-corrected chi connectivity index (χ3v) is 8.78. The Bertz CT molecular complexity index is 1370. The molecule has 3 aromatic rings. The van der Waals surface area contributed by atoms with Crippen molar-refractivity contribution in [2.24, 2.45) is 5.92 Å². The number of ether oxygens (including phenoxy) is 3. The average Bonchev–Trinajstić information content (AvgIpc) is 3.13.